The van der Waals surface area contributed by atoms with Crippen molar-refractivity contribution in [3.8, 4) is 22.6 Å². The Labute approximate surface area is 294 Å². The third-order valence-electron chi connectivity index (χ3n) is 8.97. The smallest absolute Gasteiger partial charge is 0.359 e. The van der Waals surface area contributed by atoms with Gasteiger partial charge in [-0.3, -0.25) is 14.3 Å². The van der Waals surface area contributed by atoms with Crippen molar-refractivity contribution in [3.63, 3.8) is 0 Å². The van der Waals surface area contributed by atoms with Gasteiger partial charge in [-0.2, -0.15) is 5.10 Å². The fraction of sp³-hybridized carbons (Fsp3) is 0.385. The van der Waals surface area contributed by atoms with Crippen LogP contribution in [0.3, 0.4) is 0 Å². The number of likely N-dealkylation sites (N-methyl/N-ethyl adjacent to an activating group) is 1. The normalized spacial score (nSPS) is 12.8. The summed E-state index contributed by atoms with van der Waals surface area (Å²) < 4.78 is 14.4. The number of fused-ring (bicyclic) bond motifs is 1. The summed E-state index contributed by atoms with van der Waals surface area (Å²) in [5.41, 5.74) is 6.27. The molecule has 264 valence electrons. The molecule has 1 aromatic heterocycles. The molecule has 2 amide bonds. The van der Waals surface area contributed by atoms with Crippen LogP contribution in [0.4, 0.5) is 5.69 Å². The fourth-order valence-electron chi connectivity index (χ4n) is 6.16. The number of anilines is 1. The summed E-state index contributed by atoms with van der Waals surface area (Å²) in [6.07, 6.45) is 6.12. The molecule has 1 aliphatic heterocycles. The second-order valence-corrected chi connectivity index (χ2v) is 13.5. The largest absolute Gasteiger partial charge is 0.493 e. The molecule has 0 aliphatic carbocycles. The molecule has 2 heterocycles. The molecule has 0 atom stereocenters. The number of hydrogen-bond donors (Lipinski definition) is 2. The number of ether oxygens (including phenoxy) is 2. The highest BCUT2D eigenvalue weighted by Gasteiger charge is 2.25. The fourth-order valence-corrected chi connectivity index (χ4v) is 6.16. The van der Waals surface area contributed by atoms with Crippen molar-refractivity contribution in [1.29, 1.82) is 0 Å². The van der Waals surface area contributed by atoms with Crippen LogP contribution in [0.5, 0.6) is 11.5 Å². The van der Waals surface area contributed by atoms with Crippen LogP contribution < -0.4 is 19.7 Å². The average molecular weight is 683 g/mol. The van der Waals surface area contributed by atoms with Gasteiger partial charge in [0.15, 0.2) is 12.3 Å². The maximum Gasteiger partial charge on any atom is 0.359 e. The molecule has 0 spiro atoms. The third-order valence-corrected chi connectivity index (χ3v) is 8.97. The SMILES string of the molecule is Cc1cccc(OCCCC(=O)N2CCCOc3c(-c4cnn(Cc5cccc(C(=O)NCCC[N+](C)(C)CC(=O)O)c5)c4)cccc32)c1C. The van der Waals surface area contributed by atoms with E-state index in [1.165, 1.54) is 5.56 Å². The van der Waals surface area contributed by atoms with Crippen molar-refractivity contribution < 1.29 is 33.4 Å². The minimum absolute atomic E-state index is 0.0364. The second kappa shape index (κ2) is 16.5. The van der Waals surface area contributed by atoms with Crippen LogP contribution in [0.2, 0.25) is 0 Å². The van der Waals surface area contributed by atoms with Gasteiger partial charge in [-0.25, -0.2) is 4.79 Å². The number of nitrogens with zero attached hydrogens (tertiary/aromatic N) is 4. The third kappa shape index (κ3) is 9.50. The van der Waals surface area contributed by atoms with Crippen LogP contribution in [-0.4, -0.2) is 90.6 Å². The van der Waals surface area contributed by atoms with E-state index in [2.05, 4.69) is 23.4 Å². The molecule has 0 saturated carbocycles. The standard InChI is InChI=1S/C39H47N5O6/c1-28-11-5-16-35(29(28)2)49-21-8-17-36(45)43-19-10-22-50-38-33(14-7-15-34(38)43)32-24-41-42(26-32)25-30-12-6-13-31(23-30)39(48)40-18-9-20-44(3,4)27-37(46)47/h5-7,11-16,23-24,26H,8-10,17-22,25,27H2,1-4H3,(H-,40,46,47,48)/p+1. The summed E-state index contributed by atoms with van der Waals surface area (Å²) in [6.45, 7) is 7.26. The average Bonchev–Trinajstić information content (AvgIpc) is 3.42. The van der Waals surface area contributed by atoms with E-state index in [1.54, 1.807) is 12.3 Å². The molecular weight excluding hydrogens is 634 g/mol. The lowest BCUT2D eigenvalue weighted by molar-refractivity contribution is -0.883. The number of carboxylic acids is 1. The maximum atomic E-state index is 13.5. The molecule has 5 rings (SSSR count). The van der Waals surface area contributed by atoms with Crippen molar-refractivity contribution >= 4 is 23.5 Å². The first-order chi connectivity index (χ1) is 24.0. The van der Waals surface area contributed by atoms with Crippen molar-refractivity contribution in [2.75, 3.05) is 58.4 Å². The summed E-state index contributed by atoms with van der Waals surface area (Å²) in [5, 5.41) is 16.6. The number of carbonyl (C=O) groups excluding carboxylic acids is 2. The van der Waals surface area contributed by atoms with Gasteiger partial charge in [-0.1, -0.05) is 36.4 Å². The maximum absolute atomic E-state index is 13.5. The first kappa shape index (κ1) is 36.1. The molecule has 50 heavy (non-hydrogen) atoms. The number of aromatic nitrogens is 2. The number of para-hydroxylation sites is 1. The molecule has 11 heteroatoms. The Morgan fingerprint density at radius 2 is 1.84 bits per heavy atom. The molecule has 11 nitrogen and oxygen atoms in total. The first-order valence-electron chi connectivity index (χ1n) is 17.2. The van der Waals surface area contributed by atoms with Crippen molar-refractivity contribution in [2.24, 2.45) is 0 Å². The van der Waals surface area contributed by atoms with E-state index < -0.39 is 5.97 Å². The van der Waals surface area contributed by atoms with Gasteiger partial charge < -0.3 is 29.3 Å². The van der Waals surface area contributed by atoms with Crippen molar-refractivity contribution in [1.82, 2.24) is 15.1 Å². The molecule has 2 N–H and O–H groups in total. The zero-order chi connectivity index (χ0) is 35.7. The lowest BCUT2D eigenvalue weighted by Gasteiger charge is -2.27. The van der Waals surface area contributed by atoms with Crippen molar-refractivity contribution in [3.05, 3.63) is 95.3 Å². The second-order valence-electron chi connectivity index (χ2n) is 13.5. The Morgan fingerprint density at radius 1 is 1.04 bits per heavy atom. The van der Waals surface area contributed by atoms with Gasteiger partial charge in [-0.15, -0.1) is 0 Å². The van der Waals surface area contributed by atoms with E-state index in [0.717, 1.165) is 40.1 Å². The lowest BCUT2D eigenvalue weighted by Crippen LogP contribution is -2.45. The Hall–Kier alpha value is -5.16. The lowest BCUT2D eigenvalue weighted by atomic mass is 10.1. The number of aryl methyl sites for hydroxylation is 1. The van der Waals surface area contributed by atoms with Gasteiger partial charge in [0.05, 0.1) is 52.3 Å². The van der Waals surface area contributed by atoms with E-state index in [4.69, 9.17) is 14.6 Å². The molecule has 1 aliphatic rings. The molecule has 0 unspecified atom stereocenters. The number of carbonyl (C=O) groups is 3. The number of nitrogens with one attached hydrogen (secondary N) is 1. The van der Waals surface area contributed by atoms with E-state index >= 15 is 0 Å². The molecule has 0 saturated heterocycles. The molecule has 0 radical (unpaired) electrons. The van der Waals surface area contributed by atoms with Gasteiger partial charge in [0.1, 0.15) is 5.75 Å². The Bertz CT molecular complexity index is 1820. The number of aliphatic carboxylic acids is 1. The van der Waals surface area contributed by atoms with Crippen LogP contribution in [0.15, 0.2) is 73.1 Å². The Kier molecular flexibility index (Phi) is 11.9. The summed E-state index contributed by atoms with van der Waals surface area (Å²) >= 11 is 0. The molecule has 4 aromatic rings. The minimum Gasteiger partial charge on any atom is -0.493 e. The highest BCUT2D eigenvalue weighted by molar-refractivity contribution is 5.97. The highest BCUT2D eigenvalue weighted by Crippen LogP contribution is 2.40. The topological polar surface area (TPSA) is 123 Å². The Morgan fingerprint density at radius 3 is 2.66 bits per heavy atom. The molecular formula is C39H48N5O6+. The van der Waals surface area contributed by atoms with Gasteiger partial charge in [-0.05, 0) is 67.6 Å². The number of hydrogen-bond acceptors (Lipinski definition) is 6. The number of quaternary nitrogens is 1. The van der Waals surface area contributed by atoms with Gasteiger partial charge in [0.25, 0.3) is 5.91 Å². The summed E-state index contributed by atoms with van der Waals surface area (Å²) in [7, 11) is 3.73. The van der Waals surface area contributed by atoms with Crippen LogP contribution in [0, 0.1) is 13.8 Å². The summed E-state index contributed by atoms with van der Waals surface area (Å²) in [6, 6.07) is 19.3. The van der Waals surface area contributed by atoms with Gasteiger partial charge in [0.2, 0.25) is 5.91 Å². The van der Waals surface area contributed by atoms with Crippen LogP contribution >= 0.6 is 0 Å². The molecule has 3 aromatic carbocycles. The Balaban J connectivity index is 1.19. The number of amides is 2. The van der Waals surface area contributed by atoms with Crippen LogP contribution in [0.25, 0.3) is 11.1 Å². The monoisotopic (exact) mass is 682 g/mol. The van der Waals surface area contributed by atoms with Gasteiger partial charge in [0, 0.05) is 48.8 Å². The van der Waals surface area contributed by atoms with Gasteiger partial charge >= 0.3 is 5.97 Å². The predicted octanol–water partition coefficient (Wildman–Crippen LogP) is 5.47. The van der Waals surface area contributed by atoms with Crippen molar-refractivity contribution in [2.45, 2.75) is 46.1 Å². The predicted molar refractivity (Wildman–Crippen MR) is 193 cm³/mol. The minimum atomic E-state index is -0.840. The van der Waals surface area contributed by atoms with E-state index in [-0.39, 0.29) is 18.4 Å². The first-order valence-corrected chi connectivity index (χ1v) is 17.2. The zero-order valence-corrected chi connectivity index (χ0v) is 29.5. The molecule has 0 bridgehead atoms. The zero-order valence-electron chi connectivity index (χ0n) is 29.5. The van der Waals surface area contributed by atoms with E-state index in [1.807, 2.05) is 85.3 Å². The highest BCUT2D eigenvalue weighted by atomic mass is 16.5. The van der Waals surface area contributed by atoms with Crippen LogP contribution in [-0.2, 0) is 16.1 Å². The quantitative estimate of drug-likeness (QED) is 0.126. The van der Waals surface area contributed by atoms with E-state index in [0.29, 0.717) is 74.5 Å². The number of benzene rings is 3. The summed E-state index contributed by atoms with van der Waals surface area (Å²) in [5.74, 6) is 0.561. The number of rotatable bonds is 15. The van der Waals surface area contributed by atoms with E-state index in [9.17, 15) is 14.4 Å². The number of carboxylic acid groups (broad SMARTS) is 1. The van der Waals surface area contributed by atoms with Crippen LogP contribution in [0.1, 0.15) is 52.7 Å². The molecule has 0 fully saturated rings. The summed E-state index contributed by atoms with van der Waals surface area (Å²) in [4.78, 5) is 39.2.